The number of pyridine rings is 1. The van der Waals surface area contributed by atoms with Crippen LogP contribution in [0, 0.1) is 0 Å². The van der Waals surface area contributed by atoms with Crippen LogP contribution in [0.1, 0.15) is 23.8 Å². The first-order valence-electron chi connectivity index (χ1n) is 11.0. The standard InChI is InChI=1S/C26H27N5O3/c1-5-10-31(19-12-20(33-3)15-21(13-19)34-4)18-6-7-22-23(14-18)30-25(16-29-22)17-8-9-28-24(11-17)26(32)27-2/h6-9,11-16H,5,10H2,1-4H3,(H,27,32). The van der Waals surface area contributed by atoms with E-state index < -0.39 is 0 Å². The zero-order valence-corrected chi connectivity index (χ0v) is 19.7. The van der Waals surface area contributed by atoms with Crippen molar-refractivity contribution in [3.05, 3.63) is 66.6 Å². The summed E-state index contributed by atoms with van der Waals surface area (Å²) in [6.07, 6.45) is 4.26. The number of anilines is 2. The molecule has 0 aliphatic rings. The van der Waals surface area contributed by atoms with Gasteiger partial charge in [-0.25, -0.2) is 4.98 Å². The molecule has 0 saturated heterocycles. The minimum atomic E-state index is -0.248. The number of methoxy groups -OCH3 is 2. The van der Waals surface area contributed by atoms with E-state index in [9.17, 15) is 4.79 Å². The van der Waals surface area contributed by atoms with Gasteiger partial charge in [0.25, 0.3) is 5.91 Å². The second-order valence-electron chi connectivity index (χ2n) is 7.66. The van der Waals surface area contributed by atoms with Gasteiger partial charge in [0, 0.05) is 54.9 Å². The van der Waals surface area contributed by atoms with E-state index in [-0.39, 0.29) is 5.91 Å². The summed E-state index contributed by atoms with van der Waals surface area (Å²) in [5.74, 6) is 1.20. The molecule has 8 nitrogen and oxygen atoms in total. The Morgan fingerprint density at radius 1 is 0.941 bits per heavy atom. The Hall–Kier alpha value is -4.20. The van der Waals surface area contributed by atoms with Crippen molar-refractivity contribution < 1.29 is 14.3 Å². The number of rotatable bonds is 8. The third kappa shape index (κ3) is 4.76. The quantitative estimate of drug-likeness (QED) is 0.413. The van der Waals surface area contributed by atoms with Crippen molar-refractivity contribution in [2.75, 3.05) is 32.7 Å². The summed E-state index contributed by atoms with van der Waals surface area (Å²) >= 11 is 0. The summed E-state index contributed by atoms with van der Waals surface area (Å²) in [5, 5.41) is 2.59. The Kier molecular flexibility index (Phi) is 6.87. The van der Waals surface area contributed by atoms with Gasteiger partial charge in [-0.1, -0.05) is 6.92 Å². The number of carbonyl (C=O) groups excluding carboxylic acids is 1. The van der Waals surface area contributed by atoms with Crippen LogP contribution in [0.2, 0.25) is 0 Å². The molecule has 0 atom stereocenters. The fourth-order valence-corrected chi connectivity index (χ4v) is 3.73. The van der Waals surface area contributed by atoms with Crippen molar-refractivity contribution in [3.8, 4) is 22.8 Å². The number of benzene rings is 2. The lowest BCUT2D eigenvalue weighted by Gasteiger charge is -2.25. The molecule has 0 saturated carbocycles. The number of fused-ring (bicyclic) bond motifs is 1. The first kappa shape index (κ1) is 23.0. The number of nitrogens with one attached hydrogen (secondary N) is 1. The smallest absolute Gasteiger partial charge is 0.269 e. The highest BCUT2D eigenvalue weighted by Gasteiger charge is 2.14. The van der Waals surface area contributed by atoms with Gasteiger partial charge in [0.2, 0.25) is 0 Å². The van der Waals surface area contributed by atoms with E-state index in [1.54, 1.807) is 39.7 Å². The summed E-state index contributed by atoms with van der Waals surface area (Å²) in [7, 11) is 4.86. The molecule has 4 rings (SSSR count). The first-order chi connectivity index (χ1) is 16.6. The van der Waals surface area contributed by atoms with Crippen LogP contribution in [0.3, 0.4) is 0 Å². The molecule has 0 spiro atoms. The average Bonchev–Trinajstić information content (AvgIpc) is 2.90. The third-order valence-corrected chi connectivity index (χ3v) is 5.45. The van der Waals surface area contributed by atoms with Crippen LogP contribution in [0.5, 0.6) is 11.5 Å². The zero-order valence-electron chi connectivity index (χ0n) is 19.7. The maximum Gasteiger partial charge on any atom is 0.269 e. The van der Waals surface area contributed by atoms with Crippen LogP contribution >= 0.6 is 0 Å². The molecule has 0 unspecified atom stereocenters. The van der Waals surface area contributed by atoms with Crippen LogP contribution in [0.4, 0.5) is 11.4 Å². The number of ether oxygens (including phenoxy) is 2. The maximum absolute atomic E-state index is 12.0. The molecule has 34 heavy (non-hydrogen) atoms. The molecule has 2 aromatic heterocycles. The largest absolute Gasteiger partial charge is 0.497 e. The van der Waals surface area contributed by atoms with E-state index in [1.165, 1.54) is 0 Å². The molecule has 4 aromatic rings. The Labute approximate surface area is 198 Å². The van der Waals surface area contributed by atoms with Gasteiger partial charge in [-0.2, -0.15) is 0 Å². The van der Waals surface area contributed by atoms with E-state index >= 15 is 0 Å². The third-order valence-electron chi connectivity index (χ3n) is 5.45. The van der Waals surface area contributed by atoms with E-state index in [2.05, 4.69) is 27.1 Å². The van der Waals surface area contributed by atoms with E-state index in [0.29, 0.717) is 11.4 Å². The molecule has 0 aliphatic carbocycles. The summed E-state index contributed by atoms with van der Waals surface area (Å²) in [5.41, 5.74) is 5.26. The topological polar surface area (TPSA) is 89.5 Å². The highest BCUT2D eigenvalue weighted by atomic mass is 16.5. The molecule has 2 aromatic carbocycles. The highest BCUT2D eigenvalue weighted by Crippen LogP contribution is 2.34. The van der Waals surface area contributed by atoms with Crippen molar-refractivity contribution in [1.29, 1.82) is 0 Å². The lowest BCUT2D eigenvalue weighted by molar-refractivity contribution is 0.0958. The number of hydrogen-bond donors (Lipinski definition) is 1. The van der Waals surface area contributed by atoms with E-state index in [1.807, 2.05) is 42.5 Å². The SMILES string of the molecule is CCCN(c1cc(OC)cc(OC)c1)c1ccc2ncc(-c3ccnc(C(=O)NC)c3)nc2c1. The number of amides is 1. The Morgan fingerprint density at radius 2 is 1.71 bits per heavy atom. The van der Waals surface area contributed by atoms with Gasteiger partial charge in [0.05, 0.1) is 37.1 Å². The van der Waals surface area contributed by atoms with Gasteiger partial charge in [-0.05, 0) is 36.8 Å². The molecule has 0 radical (unpaired) electrons. The van der Waals surface area contributed by atoms with Gasteiger partial charge >= 0.3 is 0 Å². The summed E-state index contributed by atoms with van der Waals surface area (Å²) in [6, 6.07) is 15.4. The van der Waals surface area contributed by atoms with Gasteiger partial charge in [-0.3, -0.25) is 14.8 Å². The zero-order chi connectivity index (χ0) is 24.1. The summed E-state index contributed by atoms with van der Waals surface area (Å²) in [6.45, 7) is 2.94. The second-order valence-corrected chi connectivity index (χ2v) is 7.66. The Morgan fingerprint density at radius 3 is 2.38 bits per heavy atom. The van der Waals surface area contributed by atoms with E-state index in [4.69, 9.17) is 14.5 Å². The molecular formula is C26H27N5O3. The van der Waals surface area contributed by atoms with Crippen LogP contribution in [0.15, 0.2) is 60.9 Å². The molecule has 1 N–H and O–H groups in total. The first-order valence-corrected chi connectivity index (χ1v) is 11.0. The fourth-order valence-electron chi connectivity index (χ4n) is 3.73. The molecule has 1 amide bonds. The molecule has 174 valence electrons. The van der Waals surface area contributed by atoms with Crippen LogP contribution in [-0.4, -0.2) is 48.7 Å². The molecular weight excluding hydrogens is 430 g/mol. The predicted molar refractivity (Wildman–Crippen MR) is 133 cm³/mol. The van der Waals surface area contributed by atoms with Crippen molar-refractivity contribution >= 4 is 28.3 Å². The molecule has 8 heteroatoms. The molecule has 0 fully saturated rings. The normalized spacial score (nSPS) is 10.7. The molecule has 2 heterocycles. The monoisotopic (exact) mass is 457 g/mol. The van der Waals surface area contributed by atoms with E-state index in [0.717, 1.165) is 52.4 Å². The van der Waals surface area contributed by atoms with Crippen molar-refractivity contribution in [1.82, 2.24) is 20.3 Å². The van der Waals surface area contributed by atoms with Crippen LogP contribution < -0.4 is 19.7 Å². The second kappa shape index (κ2) is 10.2. The number of nitrogens with zero attached hydrogens (tertiary/aromatic N) is 4. The van der Waals surface area contributed by atoms with Gasteiger partial charge in [0.1, 0.15) is 17.2 Å². The summed E-state index contributed by atoms with van der Waals surface area (Å²) < 4.78 is 10.9. The maximum atomic E-state index is 12.0. The van der Waals surface area contributed by atoms with Crippen LogP contribution in [0.25, 0.3) is 22.3 Å². The Balaban J connectivity index is 1.77. The van der Waals surface area contributed by atoms with Crippen molar-refractivity contribution in [3.63, 3.8) is 0 Å². The number of hydrogen-bond acceptors (Lipinski definition) is 7. The van der Waals surface area contributed by atoms with Gasteiger partial charge in [-0.15, -0.1) is 0 Å². The number of aromatic nitrogens is 3. The fraction of sp³-hybridized carbons (Fsp3) is 0.231. The molecule has 0 bridgehead atoms. The summed E-state index contributed by atoms with van der Waals surface area (Å²) in [4.78, 5) is 27.7. The average molecular weight is 458 g/mol. The number of carbonyl (C=O) groups is 1. The highest BCUT2D eigenvalue weighted by molar-refractivity contribution is 5.93. The van der Waals surface area contributed by atoms with Crippen molar-refractivity contribution in [2.24, 2.45) is 0 Å². The predicted octanol–water partition coefficient (Wildman–Crippen LogP) is 4.62. The van der Waals surface area contributed by atoms with Crippen molar-refractivity contribution in [2.45, 2.75) is 13.3 Å². The van der Waals surface area contributed by atoms with Gasteiger partial charge < -0.3 is 19.7 Å². The molecule has 0 aliphatic heterocycles. The minimum Gasteiger partial charge on any atom is -0.497 e. The van der Waals surface area contributed by atoms with Crippen LogP contribution in [-0.2, 0) is 0 Å². The lowest BCUT2D eigenvalue weighted by atomic mass is 10.1. The Bertz CT molecular complexity index is 1300. The lowest BCUT2D eigenvalue weighted by Crippen LogP contribution is -2.19. The van der Waals surface area contributed by atoms with Gasteiger partial charge in [0.15, 0.2) is 0 Å². The minimum absolute atomic E-state index is 0.248.